The van der Waals surface area contributed by atoms with Crippen LogP contribution in [0.3, 0.4) is 0 Å². The first-order valence-electron chi connectivity index (χ1n) is 8.39. The molecule has 0 heterocycles. The van der Waals surface area contributed by atoms with Gasteiger partial charge in [-0.1, -0.05) is 55.8 Å². The number of nitrogens with one attached hydrogen (secondary N) is 1. The van der Waals surface area contributed by atoms with Crippen LogP contribution in [0.2, 0.25) is 0 Å². The van der Waals surface area contributed by atoms with Gasteiger partial charge in [0.1, 0.15) is 5.75 Å². The highest BCUT2D eigenvalue weighted by atomic mass is 16.6. The second kappa shape index (κ2) is 10.1. The zero-order valence-corrected chi connectivity index (χ0v) is 14.4. The molecule has 25 heavy (non-hydrogen) atoms. The number of hydrogen-bond donors (Lipinski definition) is 1. The third kappa shape index (κ3) is 6.67. The van der Waals surface area contributed by atoms with E-state index in [4.69, 9.17) is 9.47 Å². The Bertz CT molecular complexity index is 668. The summed E-state index contributed by atoms with van der Waals surface area (Å²) in [6, 6.07) is 17.4. The summed E-state index contributed by atoms with van der Waals surface area (Å²) in [5.74, 6) is -0.296. The highest BCUT2D eigenvalue weighted by molar-refractivity contribution is 5.80. The van der Waals surface area contributed by atoms with Gasteiger partial charge in [0.15, 0.2) is 13.2 Å². The van der Waals surface area contributed by atoms with E-state index in [-0.39, 0.29) is 19.1 Å². The lowest BCUT2D eigenvalue weighted by atomic mass is 10.1. The molecule has 0 atom stereocenters. The first-order valence-corrected chi connectivity index (χ1v) is 8.39. The van der Waals surface area contributed by atoms with Crippen molar-refractivity contribution in [1.29, 1.82) is 0 Å². The minimum Gasteiger partial charge on any atom is -0.482 e. The van der Waals surface area contributed by atoms with Crippen molar-refractivity contribution in [3.8, 4) is 16.9 Å². The van der Waals surface area contributed by atoms with Crippen LogP contribution >= 0.6 is 0 Å². The largest absolute Gasteiger partial charge is 0.482 e. The molecular formula is C20H23NO4. The van der Waals surface area contributed by atoms with Crippen LogP contribution in [0.1, 0.15) is 19.8 Å². The molecule has 2 aromatic rings. The van der Waals surface area contributed by atoms with E-state index < -0.39 is 5.97 Å². The van der Waals surface area contributed by atoms with Gasteiger partial charge >= 0.3 is 5.97 Å². The van der Waals surface area contributed by atoms with Crippen molar-refractivity contribution in [3.63, 3.8) is 0 Å². The third-order valence-electron chi connectivity index (χ3n) is 3.53. The fourth-order valence-corrected chi connectivity index (χ4v) is 2.16. The Morgan fingerprint density at radius 2 is 1.60 bits per heavy atom. The molecule has 0 aromatic heterocycles. The molecule has 0 saturated carbocycles. The molecule has 2 rings (SSSR count). The second-order valence-corrected chi connectivity index (χ2v) is 5.54. The smallest absolute Gasteiger partial charge is 0.344 e. The highest BCUT2D eigenvalue weighted by Crippen LogP contribution is 2.21. The molecule has 0 aliphatic heterocycles. The summed E-state index contributed by atoms with van der Waals surface area (Å²) in [6.45, 7) is 2.12. The van der Waals surface area contributed by atoms with Crippen LogP contribution in [-0.2, 0) is 14.3 Å². The second-order valence-electron chi connectivity index (χ2n) is 5.54. The first-order chi connectivity index (χ1) is 12.2. The van der Waals surface area contributed by atoms with Crippen LogP contribution in [0, 0.1) is 0 Å². The summed E-state index contributed by atoms with van der Waals surface area (Å²) < 4.78 is 10.3. The average molecular weight is 341 g/mol. The van der Waals surface area contributed by atoms with Crippen LogP contribution in [0.5, 0.6) is 5.75 Å². The highest BCUT2D eigenvalue weighted by Gasteiger charge is 2.08. The van der Waals surface area contributed by atoms with Gasteiger partial charge in [-0.2, -0.15) is 0 Å². The number of hydrogen-bond acceptors (Lipinski definition) is 4. The minimum absolute atomic E-state index is 0.229. The standard InChI is InChI=1S/C20H23NO4/c1-2-3-13-21-19(22)14-25-20(23)15-24-18-11-9-17(10-12-18)16-7-5-4-6-8-16/h4-12H,2-3,13-15H2,1H3,(H,21,22). The Morgan fingerprint density at radius 1 is 0.920 bits per heavy atom. The number of carbonyl (C=O) groups excluding carboxylic acids is 2. The van der Waals surface area contributed by atoms with Crippen molar-refractivity contribution in [2.24, 2.45) is 0 Å². The van der Waals surface area contributed by atoms with E-state index in [0.717, 1.165) is 24.0 Å². The molecule has 0 fully saturated rings. The zero-order valence-electron chi connectivity index (χ0n) is 14.4. The van der Waals surface area contributed by atoms with E-state index in [0.29, 0.717) is 12.3 Å². The summed E-state index contributed by atoms with van der Waals surface area (Å²) in [4.78, 5) is 23.1. The predicted octanol–water partition coefficient (Wildman–Crippen LogP) is 3.19. The molecule has 0 unspecified atom stereocenters. The molecule has 1 N–H and O–H groups in total. The Labute approximate surface area is 148 Å². The van der Waals surface area contributed by atoms with E-state index in [1.165, 1.54) is 0 Å². The van der Waals surface area contributed by atoms with Crippen molar-refractivity contribution < 1.29 is 19.1 Å². The van der Waals surface area contributed by atoms with Crippen molar-refractivity contribution >= 4 is 11.9 Å². The normalized spacial score (nSPS) is 10.1. The van der Waals surface area contributed by atoms with Crippen molar-refractivity contribution in [3.05, 3.63) is 54.6 Å². The first kappa shape index (κ1) is 18.5. The topological polar surface area (TPSA) is 64.6 Å². The number of carbonyl (C=O) groups is 2. The Kier molecular flexibility index (Phi) is 7.50. The molecule has 5 heteroatoms. The molecule has 0 radical (unpaired) electrons. The lowest BCUT2D eigenvalue weighted by molar-refractivity contribution is -0.150. The van der Waals surface area contributed by atoms with Gasteiger partial charge in [-0.25, -0.2) is 4.79 Å². The molecule has 0 bridgehead atoms. The predicted molar refractivity (Wildman–Crippen MR) is 96.2 cm³/mol. The Hall–Kier alpha value is -2.82. The molecule has 132 valence electrons. The van der Waals surface area contributed by atoms with Crippen LogP contribution in [-0.4, -0.2) is 31.6 Å². The van der Waals surface area contributed by atoms with E-state index in [1.54, 1.807) is 12.1 Å². The van der Waals surface area contributed by atoms with E-state index >= 15 is 0 Å². The molecule has 0 aliphatic carbocycles. The molecule has 2 aromatic carbocycles. The number of amides is 1. The van der Waals surface area contributed by atoms with Gasteiger partial charge in [0.2, 0.25) is 0 Å². The third-order valence-corrected chi connectivity index (χ3v) is 3.53. The van der Waals surface area contributed by atoms with Crippen LogP contribution < -0.4 is 10.1 Å². The average Bonchev–Trinajstić information content (AvgIpc) is 2.66. The molecule has 0 spiro atoms. The molecule has 5 nitrogen and oxygen atoms in total. The number of esters is 1. The fraction of sp³-hybridized carbons (Fsp3) is 0.300. The summed E-state index contributed by atoms with van der Waals surface area (Å²) in [6.07, 6.45) is 1.90. The zero-order chi connectivity index (χ0) is 17.9. The van der Waals surface area contributed by atoms with Crippen molar-refractivity contribution in [2.45, 2.75) is 19.8 Å². The van der Waals surface area contributed by atoms with Crippen LogP contribution in [0.25, 0.3) is 11.1 Å². The Morgan fingerprint density at radius 3 is 2.28 bits per heavy atom. The molecule has 0 aliphatic rings. The summed E-state index contributed by atoms with van der Waals surface area (Å²) in [5, 5.41) is 2.68. The maximum atomic E-state index is 11.6. The van der Waals surface area contributed by atoms with E-state index in [9.17, 15) is 9.59 Å². The SMILES string of the molecule is CCCCNC(=O)COC(=O)COc1ccc(-c2ccccc2)cc1. The van der Waals surface area contributed by atoms with Crippen LogP contribution in [0.15, 0.2) is 54.6 Å². The lowest BCUT2D eigenvalue weighted by Crippen LogP contribution is -2.30. The van der Waals surface area contributed by atoms with Gasteiger partial charge in [-0.05, 0) is 29.7 Å². The summed E-state index contributed by atoms with van der Waals surface area (Å²) in [5.41, 5.74) is 2.18. The minimum atomic E-state index is -0.572. The van der Waals surface area contributed by atoms with Crippen molar-refractivity contribution in [1.82, 2.24) is 5.32 Å². The van der Waals surface area contributed by atoms with Gasteiger partial charge in [0.25, 0.3) is 5.91 Å². The number of ether oxygens (including phenoxy) is 2. The van der Waals surface area contributed by atoms with E-state index in [2.05, 4.69) is 5.32 Å². The van der Waals surface area contributed by atoms with Gasteiger partial charge in [-0.3, -0.25) is 4.79 Å². The quantitative estimate of drug-likeness (QED) is 0.562. The van der Waals surface area contributed by atoms with E-state index in [1.807, 2.05) is 49.4 Å². The molecular weight excluding hydrogens is 318 g/mol. The maximum Gasteiger partial charge on any atom is 0.344 e. The van der Waals surface area contributed by atoms with Crippen molar-refractivity contribution in [2.75, 3.05) is 19.8 Å². The van der Waals surface area contributed by atoms with Gasteiger partial charge in [-0.15, -0.1) is 0 Å². The number of unbranched alkanes of at least 4 members (excludes halogenated alkanes) is 1. The summed E-state index contributed by atoms with van der Waals surface area (Å²) in [7, 11) is 0. The maximum absolute atomic E-state index is 11.6. The molecule has 0 saturated heterocycles. The summed E-state index contributed by atoms with van der Waals surface area (Å²) >= 11 is 0. The van der Waals surface area contributed by atoms with Crippen LogP contribution in [0.4, 0.5) is 0 Å². The van der Waals surface area contributed by atoms with Gasteiger partial charge in [0.05, 0.1) is 0 Å². The fourth-order valence-electron chi connectivity index (χ4n) is 2.16. The number of benzene rings is 2. The van der Waals surface area contributed by atoms with Gasteiger partial charge < -0.3 is 14.8 Å². The number of rotatable bonds is 9. The lowest BCUT2D eigenvalue weighted by Gasteiger charge is -2.08. The monoisotopic (exact) mass is 341 g/mol. The Balaban J connectivity index is 1.72. The van der Waals surface area contributed by atoms with Gasteiger partial charge in [0, 0.05) is 6.54 Å². The molecule has 1 amide bonds.